The van der Waals surface area contributed by atoms with Crippen LogP contribution in [0.15, 0.2) is 24.3 Å². The van der Waals surface area contributed by atoms with E-state index in [1.807, 2.05) is 12.1 Å². The first-order chi connectivity index (χ1) is 12.3. The second-order valence-corrected chi connectivity index (χ2v) is 7.77. The molecule has 138 valence electrons. The van der Waals surface area contributed by atoms with Gasteiger partial charge in [0.15, 0.2) is 0 Å². The van der Waals surface area contributed by atoms with E-state index in [1.54, 1.807) is 12.1 Å². The number of nitrogens with zero attached hydrogens (tertiary/aromatic N) is 2. The number of benzene rings is 1. The van der Waals surface area contributed by atoms with Crippen LogP contribution >= 0.6 is 0 Å². The van der Waals surface area contributed by atoms with E-state index in [1.165, 1.54) is 19.4 Å². The van der Waals surface area contributed by atoms with Gasteiger partial charge in [0.1, 0.15) is 5.82 Å². The predicted molar refractivity (Wildman–Crippen MR) is 94.9 cm³/mol. The van der Waals surface area contributed by atoms with Gasteiger partial charge in [-0.1, -0.05) is 18.2 Å². The smallest absolute Gasteiger partial charge is 0.127 e. The van der Waals surface area contributed by atoms with E-state index in [4.69, 9.17) is 9.47 Å². The molecule has 3 fully saturated rings. The molecule has 1 aromatic rings. The van der Waals surface area contributed by atoms with Gasteiger partial charge in [0.05, 0.1) is 12.7 Å². The topological polar surface area (TPSA) is 24.9 Å². The molecular weight excluding hydrogens is 319 g/mol. The molecule has 25 heavy (non-hydrogen) atoms. The van der Waals surface area contributed by atoms with E-state index in [9.17, 15) is 4.39 Å². The van der Waals surface area contributed by atoms with Gasteiger partial charge < -0.3 is 14.4 Å². The van der Waals surface area contributed by atoms with E-state index in [0.29, 0.717) is 18.6 Å². The third kappa shape index (κ3) is 4.40. The normalized spacial score (nSPS) is 29.5. The fraction of sp³-hybridized carbons (Fsp3) is 0.700. The Morgan fingerprint density at radius 3 is 2.64 bits per heavy atom. The zero-order valence-corrected chi connectivity index (χ0v) is 14.9. The van der Waals surface area contributed by atoms with Gasteiger partial charge >= 0.3 is 0 Å². The average molecular weight is 348 g/mol. The van der Waals surface area contributed by atoms with Crippen molar-refractivity contribution < 1.29 is 13.9 Å². The van der Waals surface area contributed by atoms with Crippen LogP contribution in [0.25, 0.3) is 0 Å². The maximum atomic E-state index is 13.9. The van der Waals surface area contributed by atoms with Crippen molar-refractivity contribution in [2.24, 2.45) is 11.8 Å². The van der Waals surface area contributed by atoms with E-state index in [2.05, 4.69) is 9.80 Å². The molecule has 1 aromatic carbocycles. The molecule has 4 nitrogen and oxygen atoms in total. The standard InChI is InChI=1S/C20H29FN2O2/c21-19-4-2-1-3-17(19)12-23-14-18-13-22(7-10-25-20(18)15-23)11-16-5-8-24-9-6-16/h1-4,16,18,20H,5-15H2/t18-,20+/m1/s1. The second-order valence-electron chi connectivity index (χ2n) is 7.77. The molecule has 0 amide bonds. The summed E-state index contributed by atoms with van der Waals surface area (Å²) in [6.45, 7) is 8.57. The van der Waals surface area contributed by atoms with Crippen molar-refractivity contribution in [3.8, 4) is 0 Å². The molecule has 3 saturated heterocycles. The summed E-state index contributed by atoms with van der Waals surface area (Å²) in [4.78, 5) is 4.94. The zero-order chi connectivity index (χ0) is 17.1. The zero-order valence-electron chi connectivity index (χ0n) is 14.9. The molecule has 0 saturated carbocycles. The number of ether oxygens (including phenoxy) is 2. The fourth-order valence-corrected chi connectivity index (χ4v) is 4.50. The molecule has 4 rings (SSSR count). The molecule has 3 aliphatic rings. The average Bonchev–Trinajstić information content (AvgIpc) is 2.89. The van der Waals surface area contributed by atoms with Crippen LogP contribution in [0.3, 0.4) is 0 Å². The summed E-state index contributed by atoms with van der Waals surface area (Å²) in [5, 5.41) is 0. The summed E-state index contributed by atoms with van der Waals surface area (Å²) in [7, 11) is 0. The van der Waals surface area contributed by atoms with Crippen molar-refractivity contribution in [1.29, 1.82) is 0 Å². The van der Waals surface area contributed by atoms with Crippen molar-refractivity contribution >= 4 is 0 Å². The highest BCUT2D eigenvalue weighted by Gasteiger charge is 2.37. The van der Waals surface area contributed by atoms with Gasteiger partial charge in [0.25, 0.3) is 0 Å². The van der Waals surface area contributed by atoms with E-state index in [0.717, 1.165) is 57.5 Å². The monoisotopic (exact) mass is 348 g/mol. The SMILES string of the molecule is Fc1ccccc1CN1C[C@H]2CN(CC3CCOCC3)CCO[C@H]2C1. The van der Waals surface area contributed by atoms with Gasteiger partial charge in [-0.25, -0.2) is 4.39 Å². The van der Waals surface area contributed by atoms with Gasteiger partial charge in [-0.3, -0.25) is 4.90 Å². The number of halogens is 1. The second kappa shape index (κ2) is 8.12. The Morgan fingerprint density at radius 1 is 1.00 bits per heavy atom. The van der Waals surface area contributed by atoms with Crippen molar-refractivity contribution in [2.75, 3.05) is 52.5 Å². The Labute approximate surface area is 149 Å². The molecule has 5 heteroatoms. The van der Waals surface area contributed by atoms with Gasteiger partial charge in [-0.05, 0) is 24.8 Å². The molecule has 3 heterocycles. The summed E-state index contributed by atoms with van der Waals surface area (Å²) in [6.07, 6.45) is 2.67. The van der Waals surface area contributed by atoms with E-state index >= 15 is 0 Å². The highest BCUT2D eigenvalue weighted by atomic mass is 19.1. The van der Waals surface area contributed by atoms with Crippen LogP contribution in [-0.2, 0) is 16.0 Å². The Bertz CT molecular complexity index is 564. The lowest BCUT2D eigenvalue weighted by Gasteiger charge is -2.30. The Hall–Kier alpha value is -1.01. The van der Waals surface area contributed by atoms with Gasteiger partial charge in [0, 0.05) is 64.0 Å². The third-order valence-corrected chi connectivity index (χ3v) is 5.90. The van der Waals surface area contributed by atoms with Crippen LogP contribution in [0, 0.1) is 17.7 Å². The molecule has 2 atom stereocenters. The number of hydrogen-bond acceptors (Lipinski definition) is 4. The molecule has 0 unspecified atom stereocenters. The lowest BCUT2D eigenvalue weighted by Crippen LogP contribution is -2.37. The van der Waals surface area contributed by atoms with Crippen molar-refractivity contribution in [2.45, 2.75) is 25.5 Å². The Kier molecular flexibility index (Phi) is 5.66. The summed E-state index contributed by atoms with van der Waals surface area (Å²) in [6, 6.07) is 7.11. The minimum Gasteiger partial charge on any atom is -0.381 e. The fourth-order valence-electron chi connectivity index (χ4n) is 4.50. The molecule has 0 aromatic heterocycles. The Morgan fingerprint density at radius 2 is 1.80 bits per heavy atom. The Balaban J connectivity index is 1.33. The highest BCUT2D eigenvalue weighted by molar-refractivity contribution is 5.17. The molecule has 0 bridgehead atoms. The van der Waals surface area contributed by atoms with Crippen molar-refractivity contribution in [3.05, 3.63) is 35.6 Å². The van der Waals surface area contributed by atoms with Gasteiger partial charge in [-0.2, -0.15) is 0 Å². The highest BCUT2D eigenvalue weighted by Crippen LogP contribution is 2.27. The minimum absolute atomic E-state index is 0.100. The molecule has 0 radical (unpaired) electrons. The quantitative estimate of drug-likeness (QED) is 0.834. The summed E-state index contributed by atoms with van der Waals surface area (Å²) < 4.78 is 25.6. The van der Waals surface area contributed by atoms with Crippen molar-refractivity contribution in [3.63, 3.8) is 0 Å². The molecular formula is C20H29FN2O2. The van der Waals surface area contributed by atoms with Crippen LogP contribution in [0.2, 0.25) is 0 Å². The van der Waals surface area contributed by atoms with Gasteiger partial charge in [0.2, 0.25) is 0 Å². The maximum Gasteiger partial charge on any atom is 0.127 e. The van der Waals surface area contributed by atoms with E-state index in [-0.39, 0.29) is 5.82 Å². The summed E-state index contributed by atoms with van der Waals surface area (Å²) >= 11 is 0. The largest absolute Gasteiger partial charge is 0.381 e. The van der Waals surface area contributed by atoms with Crippen LogP contribution in [0.5, 0.6) is 0 Å². The third-order valence-electron chi connectivity index (χ3n) is 5.90. The van der Waals surface area contributed by atoms with Crippen LogP contribution < -0.4 is 0 Å². The van der Waals surface area contributed by atoms with Crippen LogP contribution in [-0.4, -0.2) is 68.4 Å². The maximum absolute atomic E-state index is 13.9. The predicted octanol–water partition coefficient (Wildman–Crippen LogP) is 2.38. The minimum atomic E-state index is -0.100. The molecule has 0 spiro atoms. The molecule has 0 N–H and O–H groups in total. The molecule has 0 aliphatic carbocycles. The number of likely N-dealkylation sites (tertiary alicyclic amines) is 1. The number of fused-ring (bicyclic) bond motifs is 1. The van der Waals surface area contributed by atoms with E-state index < -0.39 is 0 Å². The van der Waals surface area contributed by atoms with Gasteiger partial charge in [-0.15, -0.1) is 0 Å². The summed E-state index contributed by atoms with van der Waals surface area (Å²) in [5.74, 6) is 1.20. The number of rotatable bonds is 4. The lowest BCUT2D eigenvalue weighted by molar-refractivity contribution is 0.0453. The number of hydrogen-bond donors (Lipinski definition) is 0. The first-order valence-electron chi connectivity index (χ1n) is 9.65. The van der Waals surface area contributed by atoms with Crippen LogP contribution in [0.1, 0.15) is 18.4 Å². The lowest BCUT2D eigenvalue weighted by atomic mass is 9.98. The molecule has 3 aliphatic heterocycles. The first kappa shape index (κ1) is 17.4. The first-order valence-corrected chi connectivity index (χ1v) is 9.65. The summed E-state index contributed by atoms with van der Waals surface area (Å²) in [5.41, 5.74) is 0.790. The van der Waals surface area contributed by atoms with Crippen LogP contribution in [0.4, 0.5) is 4.39 Å². The van der Waals surface area contributed by atoms with Crippen molar-refractivity contribution in [1.82, 2.24) is 9.80 Å².